The Morgan fingerprint density at radius 1 is 0.345 bits per heavy atom. The predicted octanol–water partition coefficient (Wildman–Crippen LogP) is 21.2. The molecule has 0 saturated carbocycles. The number of unbranched alkanes of at least 4 members (excludes halogenated alkanes) is 15. The number of esters is 2. The topological polar surface area (TPSA) is 108 Å². The van der Waals surface area contributed by atoms with E-state index in [0.29, 0.717) is 23.9 Å². The Labute approximate surface area is 532 Å². The first kappa shape index (κ1) is 81.4. The molecular formula is C78H124NO8+. The Morgan fingerprint density at radius 2 is 0.621 bits per heavy atom. The molecule has 2 unspecified atom stereocenters. The Hall–Kier alpha value is -5.61. The summed E-state index contributed by atoms with van der Waals surface area (Å²) in [7, 11) is 5.95. The molecule has 488 valence electrons. The van der Waals surface area contributed by atoms with Crippen molar-refractivity contribution in [2.75, 3.05) is 47.5 Å². The number of quaternary nitrogens is 1. The summed E-state index contributed by atoms with van der Waals surface area (Å²) in [6.07, 6.45) is 98.6. The van der Waals surface area contributed by atoms with Gasteiger partial charge in [0, 0.05) is 12.8 Å². The van der Waals surface area contributed by atoms with E-state index in [1.54, 1.807) is 0 Å². The molecule has 9 heteroatoms. The highest BCUT2D eigenvalue weighted by molar-refractivity contribution is 5.71. The van der Waals surface area contributed by atoms with Gasteiger partial charge in [0.15, 0.2) is 6.10 Å². The van der Waals surface area contributed by atoms with Crippen LogP contribution in [0.4, 0.5) is 0 Å². The molecule has 0 aliphatic carbocycles. The molecule has 87 heavy (non-hydrogen) atoms. The van der Waals surface area contributed by atoms with Gasteiger partial charge in [-0.3, -0.25) is 9.59 Å². The first-order chi connectivity index (χ1) is 42.6. The van der Waals surface area contributed by atoms with Gasteiger partial charge in [-0.25, -0.2) is 4.79 Å². The van der Waals surface area contributed by atoms with E-state index in [0.717, 1.165) is 128 Å². The van der Waals surface area contributed by atoms with E-state index in [-0.39, 0.29) is 32.7 Å². The summed E-state index contributed by atoms with van der Waals surface area (Å²) in [4.78, 5) is 37.5. The van der Waals surface area contributed by atoms with E-state index in [4.69, 9.17) is 18.9 Å². The second-order valence-electron chi connectivity index (χ2n) is 23.0. The molecule has 0 aromatic rings. The number of ether oxygens (including phenoxy) is 4. The molecule has 0 heterocycles. The molecule has 2 atom stereocenters. The number of likely N-dealkylation sites (N-methyl/N-ethyl adjacent to an activating group) is 1. The highest BCUT2D eigenvalue weighted by Gasteiger charge is 2.25. The molecule has 0 saturated heterocycles. The number of nitrogens with zero attached hydrogens (tertiary/aromatic N) is 1. The zero-order valence-corrected chi connectivity index (χ0v) is 55.6. The zero-order chi connectivity index (χ0) is 63.3. The van der Waals surface area contributed by atoms with E-state index in [1.165, 1.54) is 64.2 Å². The molecule has 0 radical (unpaired) electrons. The quantitative estimate of drug-likeness (QED) is 0.0211. The average molecular weight is 1200 g/mol. The highest BCUT2D eigenvalue weighted by atomic mass is 16.7. The van der Waals surface area contributed by atoms with E-state index < -0.39 is 30.3 Å². The summed E-state index contributed by atoms with van der Waals surface area (Å²) in [6, 6.07) is 0. The number of hydrogen-bond donors (Lipinski definition) is 1. The molecule has 0 aliphatic rings. The Kier molecular flexibility index (Phi) is 62.1. The largest absolute Gasteiger partial charge is 0.477 e. The van der Waals surface area contributed by atoms with Gasteiger partial charge in [-0.2, -0.15) is 0 Å². The SMILES string of the molecule is CC/C=C\C/C=C\C/C=C\C/C=C\C/C=C\C/C=C\C/C=C\C/C=C\C/C=C\CCCCCCCCCCCCCCCC(=O)OC(COC(=O)CCCC/C=C\C/C=C\C/C=C\C/C=C\C/C=C\C/C=C\CC)COC(OCC[N+](C)(C)C)C(=O)O. The molecule has 0 rings (SSSR count). The van der Waals surface area contributed by atoms with Crippen LogP contribution in [0.3, 0.4) is 0 Å². The number of allylic oxidation sites excluding steroid dienone is 30. The third-order valence-corrected chi connectivity index (χ3v) is 13.7. The van der Waals surface area contributed by atoms with Crippen LogP contribution in [-0.4, -0.2) is 87.4 Å². The lowest BCUT2D eigenvalue weighted by atomic mass is 10.0. The molecule has 0 spiro atoms. The fourth-order valence-electron chi connectivity index (χ4n) is 8.54. The summed E-state index contributed by atoms with van der Waals surface area (Å²) in [5.74, 6) is -2.08. The lowest BCUT2D eigenvalue weighted by Gasteiger charge is -2.25. The Bertz CT molecular complexity index is 2080. The molecule has 9 nitrogen and oxygen atoms in total. The monoisotopic (exact) mass is 1200 g/mol. The molecule has 0 amide bonds. The van der Waals surface area contributed by atoms with Crippen molar-refractivity contribution in [2.24, 2.45) is 0 Å². The third-order valence-electron chi connectivity index (χ3n) is 13.7. The van der Waals surface area contributed by atoms with Gasteiger partial charge < -0.3 is 28.5 Å². The second kappa shape index (κ2) is 66.3. The van der Waals surface area contributed by atoms with Gasteiger partial charge in [-0.1, -0.05) is 267 Å². The van der Waals surface area contributed by atoms with Crippen LogP contribution < -0.4 is 0 Å². The molecule has 0 bridgehead atoms. The summed E-state index contributed by atoms with van der Waals surface area (Å²) in [6.45, 7) is 4.57. The van der Waals surface area contributed by atoms with Crippen LogP contribution >= 0.6 is 0 Å². The minimum Gasteiger partial charge on any atom is -0.477 e. The van der Waals surface area contributed by atoms with Crippen molar-refractivity contribution >= 4 is 17.9 Å². The van der Waals surface area contributed by atoms with Crippen molar-refractivity contribution < 1.29 is 42.9 Å². The lowest BCUT2D eigenvalue weighted by molar-refractivity contribution is -0.870. The van der Waals surface area contributed by atoms with Gasteiger partial charge in [0.2, 0.25) is 0 Å². The molecule has 0 aromatic heterocycles. The van der Waals surface area contributed by atoms with Crippen LogP contribution in [0.15, 0.2) is 182 Å². The Balaban J connectivity index is 4.18. The van der Waals surface area contributed by atoms with Gasteiger partial charge in [0.25, 0.3) is 6.29 Å². The smallest absolute Gasteiger partial charge is 0.361 e. The van der Waals surface area contributed by atoms with Crippen molar-refractivity contribution in [3.8, 4) is 0 Å². The molecule has 0 fully saturated rings. The lowest BCUT2D eigenvalue weighted by Crippen LogP contribution is -2.40. The van der Waals surface area contributed by atoms with Crippen LogP contribution in [0.5, 0.6) is 0 Å². The maximum absolute atomic E-state index is 12.9. The number of carbonyl (C=O) groups is 3. The Morgan fingerprint density at radius 3 is 0.943 bits per heavy atom. The van der Waals surface area contributed by atoms with Gasteiger partial charge in [0.05, 0.1) is 34.4 Å². The summed E-state index contributed by atoms with van der Waals surface area (Å²) in [5, 5.41) is 9.73. The minimum atomic E-state index is -1.53. The number of aliphatic carboxylic acids is 1. The minimum absolute atomic E-state index is 0.171. The number of rotatable bonds is 60. The van der Waals surface area contributed by atoms with E-state index >= 15 is 0 Å². The standard InChI is InChI=1S/C78H123NO8/c1-6-8-10-12-14-16-18-20-22-24-26-28-29-30-31-32-33-34-35-36-37-38-39-40-41-42-43-44-45-46-47-49-51-53-55-57-59-61-63-65-67-69-76(81)87-74(73-86-78(77(82)83)84-71-70-79(3,4)5)72-85-75(80)68-66-64-62-60-58-56-54-52-50-48-27-25-23-21-19-17-15-13-11-9-7-2/h8-11,14-17,20-23,26-28,30-31,33-34,36-37,39-40,42-43,48,52,54,58,60,74,78H,6-7,12-13,18-19,24-25,29,32,35,38,41,44-47,49-51,53,55-57,59,61-73H2,1-5H3/p+1/b10-8-,11-9-,16-14-,17-15-,22-20-,23-21-,28-26-,31-30-,34-33-,37-36-,40-39-,43-42-,48-27-,54-52-,60-58-. The van der Waals surface area contributed by atoms with Crippen LogP contribution in [0.25, 0.3) is 0 Å². The first-order valence-corrected chi connectivity index (χ1v) is 33.9. The third kappa shape index (κ3) is 67.8. The van der Waals surface area contributed by atoms with Crippen molar-refractivity contribution in [3.63, 3.8) is 0 Å². The van der Waals surface area contributed by atoms with E-state index in [1.807, 2.05) is 21.1 Å². The second-order valence-corrected chi connectivity index (χ2v) is 23.0. The van der Waals surface area contributed by atoms with Crippen molar-refractivity contribution in [1.29, 1.82) is 0 Å². The zero-order valence-electron chi connectivity index (χ0n) is 55.6. The average Bonchev–Trinajstić information content (AvgIpc) is 3.59. The van der Waals surface area contributed by atoms with Crippen LogP contribution in [0.2, 0.25) is 0 Å². The van der Waals surface area contributed by atoms with Crippen LogP contribution in [0.1, 0.15) is 232 Å². The molecular weight excluding hydrogens is 1080 g/mol. The number of carbonyl (C=O) groups excluding carboxylic acids is 2. The van der Waals surface area contributed by atoms with E-state index in [2.05, 4.69) is 196 Å². The number of hydrogen-bond acceptors (Lipinski definition) is 7. The van der Waals surface area contributed by atoms with Crippen molar-refractivity contribution in [1.82, 2.24) is 0 Å². The molecule has 0 aromatic carbocycles. The van der Waals surface area contributed by atoms with Gasteiger partial charge in [-0.05, 0) is 135 Å². The maximum Gasteiger partial charge on any atom is 0.361 e. The number of carboxylic acids is 1. The first-order valence-electron chi connectivity index (χ1n) is 33.9. The highest BCUT2D eigenvalue weighted by Crippen LogP contribution is 2.15. The van der Waals surface area contributed by atoms with Gasteiger partial charge in [0.1, 0.15) is 13.2 Å². The van der Waals surface area contributed by atoms with Gasteiger partial charge in [-0.15, -0.1) is 0 Å². The maximum atomic E-state index is 12.9. The summed E-state index contributed by atoms with van der Waals surface area (Å²) >= 11 is 0. The summed E-state index contributed by atoms with van der Waals surface area (Å²) in [5.41, 5.74) is 0. The molecule has 1 N–H and O–H groups in total. The normalized spacial score (nSPS) is 13.9. The van der Waals surface area contributed by atoms with Gasteiger partial charge >= 0.3 is 17.9 Å². The molecule has 0 aliphatic heterocycles. The van der Waals surface area contributed by atoms with Crippen molar-refractivity contribution in [3.05, 3.63) is 182 Å². The van der Waals surface area contributed by atoms with Crippen LogP contribution in [0, 0.1) is 0 Å². The summed E-state index contributed by atoms with van der Waals surface area (Å²) < 4.78 is 22.9. The fourth-order valence-corrected chi connectivity index (χ4v) is 8.54. The number of carboxylic acid groups (broad SMARTS) is 1. The van der Waals surface area contributed by atoms with Crippen LogP contribution in [-0.2, 0) is 33.3 Å². The van der Waals surface area contributed by atoms with Crippen molar-refractivity contribution in [2.45, 2.75) is 245 Å². The van der Waals surface area contributed by atoms with E-state index in [9.17, 15) is 19.5 Å². The fraction of sp³-hybridized carbons (Fsp3) is 0.577. The predicted molar refractivity (Wildman–Crippen MR) is 372 cm³/mol.